The number of hydrogen-bond donors (Lipinski definition) is 2. The molecule has 218 valence electrons. The zero-order valence-corrected chi connectivity index (χ0v) is 26.5. The van der Waals surface area contributed by atoms with Gasteiger partial charge in [0.2, 0.25) is 0 Å². The van der Waals surface area contributed by atoms with Crippen LogP contribution >= 0.6 is 31.9 Å². The van der Waals surface area contributed by atoms with E-state index in [1.165, 1.54) is 0 Å². The summed E-state index contributed by atoms with van der Waals surface area (Å²) in [4.78, 5) is 24.4. The molecular formula is C34H34Br2N2O4. The van der Waals surface area contributed by atoms with E-state index in [4.69, 9.17) is 9.47 Å². The highest BCUT2D eigenvalue weighted by Crippen LogP contribution is 2.31. The van der Waals surface area contributed by atoms with Crippen LogP contribution in [-0.4, -0.2) is 38.1 Å². The molecule has 2 N–H and O–H groups in total. The zero-order valence-electron chi connectivity index (χ0n) is 23.3. The Bertz CT molecular complexity index is 1340. The van der Waals surface area contributed by atoms with Crippen LogP contribution in [0, 0.1) is 0 Å². The molecule has 0 heterocycles. The van der Waals surface area contributed by atoms with E-state index in [-0.39, 0.29) is 25.0 Å². The van der Waals surface area contributed by atoms with E-state index in [1.807, 2.05) is 97.1 Å². The maximum atomic E-state index is 12.2. The topological polar surface area (TPSA) is 76.7 Å². The molecule has 0 aliphatic rings. The molecule has 0 radical (unpaired) electrons. The Kier molecular flexibility index (Phi) is 12.5. The summed E-state index contributed by atoms with van der Waals surface area (Å²) in [6.45, 7) is 1.11. The van der Waals surface area contributed by atoms with Crippen LogP contribution in [0.2, 0.25) is 0 Å². The lowest BCUT2D eigenvalue weighted by Gasteiger charge is -2.11. The third-order valence-electron chi connectivity index (χ3n) is 6.54. The first-order chi connectivity index (χ1) is 20.5. The van der Waals surface area contributed by atoms with E-state index in [2.05, 4.69) is 42.5 Å². The summed E-state index contributed by atoms with van der Waals surface area (Å²) in [5.74, 6) is 0.960. The second-order valence-electron chi connectivity index (χ2n) is 9.71. The Morgan fingerprint density at radius 2 is 0.929 bits per heavy atom. The first-order valence-corrected chi connectivity index (χ1v) is 15.6. The lowest BCUT2D eigenvalue weighted by molar-refractivity contribution is -0.123. The van der Waals surface area contributed by atoms with Gasteiger partial charge in [-0.05, 0) is 91.2 Å². The van der Waals surface area contributed by atoms with Gasteiger partial charge in [-0.25, -0.2) is 0 Å². The maximum absolute atomic E-state index is 12.2. The molecular weight excluding hydrogens is 660 g/mol. The molecule has 4 aromatic rings. The number of hydrogen-bond acceptors (Lipinski definition) is 4. The van der Waals surface area contributed by atoms with E-state index < -0.39 is 0 Å². The number of halogens is 2. The van der Waals surface area contributed by atoms with Gasteiger partial charge in [0.15, 0.2) is 13.2 Å². The standard InChI is InChI=1S/C34H34Br2N2O4/c35-29-21-27(25-11-5-3-6-12-25)15-17-31(29)41-23-33(39)37-19-9-1-2-10-20-38-34(40)24-42-32-18-16-28(22-30(32)36)26-13-7-4-8-14-26/h3-8,11-18,21-22H,1-2,9-10,19-20,23-24H2,(H,37,39)(H,38,40). The van der Waals surface area contributed by atoms with Gasteiger partial charge in [-0.3, -0.25) is 9.59 Å². The lowest BCUT2D eigenvalue weighted by Crippen LogP contribution is -2.30. The van der Waals surface area contributed by atoms with Crippen molar-refractivity contribution in [2.45, 2.75) is 25.7 Å². The molecule has 0 aliphatic heterocycles. The van der Waals surface area contributed by atoms with Crippen molar-refractivity contribution in [1.82, 2.24) is 10.6 Å². The average Bonchev–Trinajstić information content (AvgIpc) is 3.02. The zero-order chi connectivity index (χ0) is 29.6. The number of amides is 2. The molecule has 0 atom stereocenters. The van der Waals surface area contributed by atoms with Crippen molar-refractivity contribution in [3.63, 3.8) is 0 Å². The van der Waals surface area contributed by atoms with Gasteiger partial charge in [0.1, 0.15) is 11.5 Å². The van der Waals surface area contributed by atoms with Crippen molar-refractivity contribution in [2.24, 2.45) is 0 Å². The van der Waals surface area contributed by atoms with Crippen molar-refractivity contribution >= 4 is 43.7 Å². The molecule has 0 saturated carbocycles. The quantitative estimate of drug-likeness (QED) is 0.125. The molecule has 0 unspecified atom stereocenters. The van der Waals surface area contributed by atoms with Crippen LogP contribution in [0.4, 0.5) is 0 Å². The number of nitrogens with one attached hydrogen (secondary N) is 2. The second kappa shape index (κ2) is 16.7. The number of ether oxygens (including phenoxy) is 2. The fourth-order valence-electron chi connectivity index (χ4n) is 4.30. The van der Waals surface area contributed by atoms with Gasteiger partial charge >= 0.3 is 0 Å². The molecule has 6 nitrogen and oxygen atoms in total. The summed E-state index contributed by atoms with van der Waals surface area (Å²) in [5, 5.41) is 5.80. The van der Waals surface area contributed by atoms with Crippen molar-refractivity contribution in [3.8, 4) is 33.8 Å². The summed E-state index contributed by atoms with van der Waals surface area (Å²) < 4.78 is 13.0. The fourth-order valence-corrected chi connectivity index (χ4v) is 5.29. The van der Waals surface area contributed by atoms with Crippen LogP contribution < -0.4 is 20.1 Å². The summed E-state index contributed by atoms with van der Waals surface area (Å²) >= 11 is 7.07. The molecule has 0 fully saturated rings. The molecule has 0 aliphatic carbocycles. The van der Waals surface area contributed by atoms with Crippen molar-refractivity contribution in [2.75, 3.05) is 26.3 Å². The van der Waals surface area contributed by atoms with Gasteiger partial charge < -0.3 is 20.1 Å². The first kappa shape index (κ1) is 31.3. The van der Waals surface area contributed by atoms with Crippen LogP contribution in [0.15, 0.2) is 106 Å². The first-order valence-electron chi connectivity index (χ1n) is 14.0. The van der Waals surface area contributed by atoms with Gasteiger partial charge in [0, 0.05) is 13.1 Å². The van der Waals surface area contributed by atoms with Crippen molar-refractivity contribution in [3.05, 3.63) is 106 Å². The normalized spacial score (nSPS) is 10.6. The molecule has 0 aromatic heterocycles. The number of carbonyl (C=O) groups excluding carboxylic acids is 2. The van der Waals surface area contributed by atoms with Crippen LogP contribution in [-0.2, 0) is 9.59 Å². The second-order valence-corrected chi connectivity index (χ2v) is 11.4. The Balaban J connectivity index is 1.03. The van der Waals surface area contributed by atoms with E-state index >= 15 is 0 Å². The molecule has 0 saturated heterocycles. The Morgan fingerprint density at radius 3 is 1.31 bits per heavy atom. The van der Waals surface area contributed by atoms with E-state index in [9.17, 15) is 9.59 Å². The van der Waals surface area contributed by atoms with Crippen LogP contribution in [0.25, 0.3) is 22.3 Å². The molecule has 2 amide bonds. The number of carbonyl (C=O) groups is 2. The minimum absolute atomic E-state index is 0.0366. The largest absolute Gasteiger partial charge is 0.483 e. The fraction of sp³-hybridized carbons (Fsp3) is 0.235. The van der Waals surface area contributed by atoms with Crippen LogP contribution in [0.5, 0.6) is 11.5 Å². The minimum Gasteiger partial charge on any atom is -0.483 e. The number of unbranched alkanes of at least 4 members (excludes halogenated alkanes) is 3. The third kappa shape index (κ3) is 10.0. The minimum atomic E-state index is -0.150. The van der Waals surface area contributed by atoms with Gasteiger partial charge in [-0.2, -0.15) is 0 Å². The summed E-state index contributed by atoms with van der Waals surface area (Å²) in [6.07, 6.45) is 3.65. The molecule has 4 rings (SSSR count). The Morgan fingerprint density at radius 1 is 0.524 bits per heavy atom. The number of benzene rings is 4. The van der Waals surface area contributed by atoms with Crippen LogP contribution in [0.3, 0.4) is 0 Å². The monoisotopic (exact) mass is 692 g/mol. The third-order valence-corrected chi connectivity index (χ3v) is 7.78. The SMILES string of the molecule is O=C(COc1ccc(-c2ccccc2)cc1Br)NCCCCCCNC(=O)COc1ccc(-c2ccccc2)cc1Br. The maximum Gasteiger partial charge on any atom is 0.257 e. The predicted molar refractivity (Wildman–Crippen MR) is 175 cm³/mol. The summed E-state index contributed by atoms with van der Waals surface area (Å²) in [7, 11) is 0. The number of rotatable bonds is 15. The van der Waals surface area contributed by atoms with E-state index in [1.54, 1.807) is 0 Å². The highest BCUT2D eigenvalue weighted by molar-refractivity contribution is 9.11. The van der Waals surface area contributed by atoms with E-state index in [0.717, 1.165) is 56.9 Å². The van der Waals surface area contributed by atoms with Gasteiger partial charge in [-0.15, -0.1) is 0 Å². The van der Waals surface area contributed by atoms with E-state index in [0.29, 0.717) is 24.6 Å². The van der Waals surface area contributed by atoms with Crippen molar-refractivity contribution < 1.29 is 19.1 Å². The highest BCUT2D eigenvalue weighted by Gasteiger charge is 2.09. The van der Waals surface area contributed by atoms with Gasteiger partial charge in [-0.1, -0.05) is 85.6 Å². The lowest BCUT2D eigenvalue weighted by atomic mass is 10.1. The molecule has 8 heteroatoms. The molecule has 0 bridgehead atoms. The Labute approximate surface area is 264 Å². The predicted octanol–water partition coefficient (Wildman–Crippen LogP) is 7.80. The average molecular weight is 694 g/mol. The molecule has 4 aromatic carbocycles. The van der Waals surface area contributed by atoms with Gasteiger partial charge in [0.25, 0.3) is 11.8 Å². The summed E-state index contributed by atoms with van der Waals surface area (Å²) in [6, 6.07) is 31.8. The summed E-state index contributed by atoms with van der Waals surface area (Å²) in [5.41, 5.74) is 4.39. The molecule has 0 spiro atoms. The van der Waals surface area contributed by atoms with Crippen LogP contribution in [0.1, 0.15) is 25.7 Å². The highest BCUT2D eigenvalue weighted by atomic mass is 79.9. The smallest absolute Gasteiger partial charge is 0.257 e. The van der Waals surface area contributed by atoms with Crippen molar-refractivity contribution in [1.29, 1.82) is 0 Å². The van der Waals surface area contributed by atoms with Gasteiger partial charge in [0.05, 0.1) is 8.95 Å². The molecule has 42 heavy (non-hydrogen) atoms. The Hall–Kier alpha value is -3.62.